The van der Waals surface area contributed by atoms with Gasteiger partial charge in [-0.15, -0.1) is 0 Å². The fourth-order valence-corrected chi connectivity index (χ4v) is 3.03. The Hall–Kier alpha value is -0.570. The summed E-state index contributed by atoms with van der Waals surface area (Å²) >= 11 is 0. The molecule has 2 fully saturated rings. The highest BCUT2D eigenvalue weighted by molar-refractivity contribution is 5.82. The number of nitrogens with one attached hydrogen (secondary N) is 2. The fourth-order valence-electron chi connectivity index (χ4n) is 3.03. The van der Waals surface area contributed by atoms with E-state index in [0.29, 0.717) is 11.5 Å². The average molecular weight is 224 g/mol. The Labute approximate surface area is 98.4 Å². The molecule has 0 bridgehead atoms. The van der Waals surface area contributed by atoms with Gasteiger partial charge in [-0.05, 0) is 44.1 Å². The molecule has 2 rings (SSSR count). The first kappa shape index (κ1) is 11.9. The SMILES string of the molecule is CC1(C)CCCC(NC(=O)[C@@H]2CCCN2)C1. The van der Waals surface area contributed by atoms with Crippen molar-refractivity contribution in [3.63, 3.8) is 0 Å². The summed E-state index contributed by atoms with van der Waals surface area (Å²) in [5.74, 6) is 0.222. The molecular formula is C13H24N2O. The van der Waals surface area contributed by atoms with Gasteiger partial charge in [-0.3, -0.25) is 4.79 Å². The molecule has 2 atom stereocenters. The van der Waals surface area contributed by atoms with Crippen LogP contribution in [0.3, 0.4) is 0 Å². The molecule has 16 heavy (non-hydrogen) atoms. The lowest BCUT2D eigenvalue weighted by molar-refractivity contribution is -0.123. The summed E-state index contributed by atoms with van der Waals surface area (Å²) in [5.41, 5.74) is 0.402. The summed E-state index contributed by atoms with van der Waals surface area (Å²) in [6.07, 6.45) is 6.96. The Morgan fingerprint density at radius 3 is 2.75 bits per heavy atom. The predicted molar refractivity (Wildman–Crippen MR) is 65.2 cm³/mol. The molecule has 3 nitrogen and oxygen atoms in total. The molecule has 1 unspecified atom stereocenters. The standard InChI is InChI=1S/C13H24N2O/c1-13(2)7-3-5-10(9-13)15-12(16)11-6-4-8-14-11/h10-11,14H,3-9H2,1-2H3,(H,15,16)/t10?,11-/m0/s1. The second-order valence-electron chi connectivity index (χ2n) is 6.12. The zero-order chi connectivity index (χ0) is 11.6. The van der Waals surface area contributed by atoms with Crippen molar-refractivity contribution in [3.8, 4) is 0 Å². The number of hydrogen-bond donors (Lipinski definition) is 2. The van der Waals surface area contributed by atoms with Gasteiger partial charge in [0, 0.05) is 6.04 Å². The first-order chi connectivity index (χ1) is 7.57. The van der Waals surface area contributed by atoms with Crippen molar-refractivity contribution >= 4 is 5.91 Å². The van der Waals surface area contributed by atoms with Gasteiger partial charge in [0.15, 0.2) is 0 Å². The van der Waals surface area contributed by atoms with E-state index in [-0.39, 0.29) is 11.9 Å². The van der Waals surface area contributed by atoms with Gasteiger partial charge in [0.05, 0.1) is 6.04 Å². The van der Waals surface area contributed by atoms with Crippen LogP contribution >= 0.6 is 0 Å². The molecule has 2 aliphatic rings. The van der Waals surface area contributed by atoms with Gasteiger partial charge in [-0.1, -0.05) is 20.3 Å². The largest absolute Gasteiger partial charge is 0.352 e. The van der Waals surface area contributed by atoms with Crippen molar-refractivity contribution in [3.05, 3.63) is 0 Å². The number of amides is 1. The zero-order valence-corrected chi connectivity index (χ0v) is 10.5. The van der Waals surface area contributed by atoms with Crippen LogP contribution in [0.4, 0.5) is 0 Å². The van der Waals surface area contributed by atoms with E-state index in [4.69, 9.17) is 0 Å². The van der Waals surface area contributed by atoms with Crippen LogP contribution in [0.1, 0.15) is 52.4 Å². The van der Waals surface area contributed by atoms with E-state index in [2.05, 4.69) is 24.5 Å². The van der Waals surface area contributed by atoms with Gasteiger partial charge in [-0.25, -0.2) is 0 Å². The first-order valence-corrected chi connectivity index (χ1v) is 6.61. The molecule has 0 aromatic rings. The second-order valence-corrected chi connectivity index (χ2v) is 6.12. The molecule has 0 aromatic carbocycles. The number of carbonyl (C=O) groups is 1. The van der Waals surface area contributed by atoms with Crippen LogP contribution < -0.4 is 10.6 Å². The van der Waals surface area contributed by atoms with Crippen LogP contribution in [-0.4, -0.2) is 24.5 Å². The third-order valence-corrected chi connectivity index (χ3v) is 3.93. The monoisotopic (exact) mass is 224 g/mol. The van der Waals surface area contributed by atoms with Crippen LogP contribution in [0.2, 0.25) is 0 Å². The summed E-state index contributed by atoms with van der Waals surface area (Å²) in [4.78, 5) is 12.0. The highest BCUT2D eigenvalue weighted by Gasteiger charge is 2.30. The molecule has 1 amide bonds. The maximum absolute atomic E-state index is 12.0. The van der Waals surface area contributed by atoms with Crippen LogP contribution in [-0.2, 0) is 4.79 Å². The molecule has 0 spiro atoms. The van der Waals surface area contributed by atoms with Crippen molar-refractivity contribution in [2.24, 2.45) is 5.41 Å². The molecule has 1 saturated heterocycles. The van der Waals surface area contributed by atoms with Gasteiger partial charge < -0.3 is 10.6 Å². The van der Waals surface area contributed by atoms with Crippen LogP contribution in [0.15, 0.2) is 0 Å². The first-order valence-electron chi connectivity index (χ1n) is 6.61. The second kappa shape index (κ2) is 4.74. The highest BCUT2D eigenvalue weighted by atomic mass is 16.2. The van der Waals surface area contributed by atoms with E-state index >= 15 is 0 Å². The van der Waals surface area contributed by atoms with Crippen molar-refractivity contribution in [1.29, 1.82) is 0 Å². The molecule has 3 heteroatoms. The van der Waals surface area contributed by atoms with Gasteiger partial charge in [0.25, 0.3) is 0 Å². The Morgan fingerprint density at radius 2 is 2.12 bits per heavy atom. The highest BCUT2D eigenvalue weighted by Crippen LogP contribution is 2.35. The van der Waals surface area contributed by atoms with Crippen LogP contribution in [0, 0.1) is 5.41 Å². The number of hydrogen-bond acceptors (Lipinski definition) is 2. The van der Waals surface area contributed by atoms with E-state index < -0.39 is 0 Å². The van der Waals surface area contributed by atoms with E-state index in [9.17, 15) is 4.79 Å². The number of carbonyl (C=O) groups excluding carboxylic acids is 1. The summed E-state index contributed by atoms with van der Waals surface area (Å²) in [6.45, 7) is 5.60. The average Bonchev–Trinajstić information content (AvgIpc) is 2.68. The fraction of sp³-hybridized carbons (Fsp3) is 0.923. The molecule has 1 saturated carbocycles. The third kappa shape index (κ3) is 2.97. The Balaban J connectivity index is 1.82. The smallest absolute Gasteiger partial charge is 0.237 e. The predicted octanol–water partition coefficient (Wildman–Crippen LogP) is 1.82. The Bertz CT molecular complexity index is 257. The molecule has 0 radical (unpaired) electrons. The minimum absolute atomic E-state index is 0.0741. The van der Waals surface area contributed by atoms with E-state index in [1.165, 1.54) is 12.8 Å². The lowest BCUT2D eigenvalue weighted by Gasteiger charge is -2.36. The minimum Gasteiger partial charge on any atom is -0.352 e. The van der Waals surface area contributed by atoms with Crippen molar-refractivity contribution in [1.82, 2.24) is 10.6 Å². The van der Waals surface area contributed by atoms with E-state index in [1.807, 2.05) is 0 Å². The summed E-state index contributed by atoms with van der Waals surface area (Å²) in [5, 5.41) is 6.47. The van der Waals surface area contributed by atoms with E-state index in [1.54, 1.807) is 0 Å². The molecule has 1 aliphatic heterocycles. The molecule has 1 aliphatic carbocycles. The molecule has 92 valence electrons. The molecular weight excluding hydrogens is 200 g/mol. The normalized spacial score (nSPS) is 33.6. The van der Waals surface area contributed by atoms with Crippen molar-refractivity contribution in [2.45, 2.75) is 64.5 Å². The molecule has 1 heterocycles. The van der Waals surface area contributed by atoms with Gasteiger partial charge in [0.1, 0.15) is 0 Å². The lowest BCUT2D eigenvalue weighted by Crippen LogP contribution is -2.47. The summed E-state index contributed by atoms with van der Waals surface area (Å²) in [7, 11) is 0. The maximum atomic E-state index is 12.0. The van der Waals surface area contributed by atoms with Crippen LogP contribution in [0.25, 0.3) is 0 Å². The van der Waals surface area contributed by atoms with Gasteiger partial charge in [0.2, 0.25) is 5.91 Å². The van der Waals surface area contributed by atoms with E-state index in [0.717, 1.165) is 32.2 Å². The minimum atomic E-state index is 0.0741. The topological polar surface area (TPSA) is 41.1 Å². The van der Waals surface area contributed by atoms with Crippen LogP contribution in [0.5, 0.6) is 0 Å². The maximum Gasteiger partial charge on any atom is 0.237 e. The lowest BCUT2D eigenvalue weighted by atomic mass is 9.75. The van der Waals surface area contributed by atoms with Gasteiger partial charge in [-0.2, -0.15) is 0 Å². The van der Waals surface area contributed by atoms with Gasteiger partial charge >= 0.3 is 0 Å². The third-order valence-electron chi connectivity index (χ3n) is 3.93. The quantitative estimate of drug-likeness (QED) is 0.751. The molecule has 2 N–H and O–H groups in total. The Morgan fingerprint density at radius 1 is 1.31 bits per heavy atom. The molecule has 0 aromatic heterocycles. The van der Waals surface area contributed by atoms with Crippen molar-refractivity contribution < 1.29 is 4.79 Å². The summed E-state index contributed by atoms with van der Waals surface area (Å²) in [6, 6.07) is 0.476. The van der Waals surface area contributed by atoms with Crippen molar-refractivity contribution in [2.75, 3.05) is 6.54 Å². The summed E-state index contributed by atoms with van der Waals surface area (Å²) < 4.78 is 0. The zero-order valence-electron chi connectivity index (χ0n) is 10.5. The number of rotatable bonds is 2. The Kier molecular flexibility index (Phi) is 3.53.